The van der Waals surface area contributed by atoms with Crippen molar-refractivity contribution in [2.24, 2.45) is 13.0 Å². The number of rotatable bonds is 6. The SMILES string of the molecule is CC(C)CCCC(C)NC(=O)c1cccc2c1ccn2C. The molecule has 1 N–H and O–H groups in total. The lowest BCUT2D eigenvalue weighted by molar-refractivity contribution is 0.0939. The standard InChI is InChI=1S/C18H26N2O/c1-13(2)7-5-8-14(3)19-18(21)16-9-6-10-17-15(16)11-12-20(17)4/h6,9-14H,5,7-8H2,1-4H3,(H,19,21). The molecule has 2 aromatic rings. The number of aromatic nitrogens is 1. The van der Waals surface area contributed by atoms with Gasteiger partial charge in [0.2, 0.25) is 0 Å². The second kappa shape index (κ2) is 6.79. The smallest absolute Gasteiger partial charge is 0.252 e. The van der Waals surface area contributed by atoms with E-state index < -0.39 is 0 Å². The summed E-state index contributed by atoms with van der Waals surface area (Å²) < 4.78 is 2.04. The predicted octanol–water partition coefficient (Wildman–Crippen LogP) is 4.12. The summed E-state index contributed by atoms with van der Waals surface area (Å²) in [6.07, 6.45) is 5.41. The maximum absolute atomic E-state index is 12.5. The third kappa shape index (κ3) is 3.87. The van der Waals surface area contributed by atoms with Crippen molar-refractivity contribution in [1.82, 2.24) is 9.88 Å². The molecule has 1 amide bonds. The average Bonchev–Trinajstić information content (AvgIpc) is 2.80. The molecule has 0 saturated carbocycles. The molecule has 0 aliphatic carbocycles. The van der Waals surface area contributed by atoms with Crippen LogP contribution in [0.15, 0.2) is 30.5 Å². The van der Waals surface area contributed by atoms with E-state index in [9.17, 15) is 4.79 Å². The molecule has 0 aliphatic rings. The summed E-state index contributed by atoms with van der Waals surface area (Å²) in [5.74, 6) is 0.759. The third-order valence-electron chi connectivity index (χ3n) is 3.97. The van der Waals surface area contributed by atoms with Crippen molar-refractivity contribution in [3.63, 3.8) is 0 Å². The minimum absolute atomic E-state index is 0.0313. The molecular weight excluding hydrogens is 260 g/mol. The van der Waals surface area contributed by atoms with Crippen LogP contribution in [0, 0.1) is 5.92 Å². The molecule has 1 heterocycles. The summed E-state index contributed by atoms with van der Waals surface area (Å²) in [7, 11) is 2.00. The van der Waals surface area contributed by atoms with Gasteiger partial charge < -0.3 is 9.88 Å². The number of carbonyl (C=O) groups is 1. The minimum Gasteiger partial charge on any atom is -0.351 e. The van der Waals surface area contributed by atoms with Crippen molar-refractivity contribution >= 4 is 16.8 Å². The van der Waals surface area contributed by atoms with Gasteiger partial charge >= 0.3 is 0 Å². The highest BCUT2D eigenvalue weighted by atomic mass is 16.1. The quantitative estimate of drug-likeness (QED) is 0.851. The maximum Gasteiger partial charge on any atom is 0.252 e. The summed E-state index contributed by atoms with van der Waals surface area (Å²) in [5.41, 5.74) is 1.86. The molecule has 0 fully saturated rings. The summed E-state index contributed by atoms with van der Waals surface area (Å²) in [6, 6.07) is 8.11. The van der Waals surface area contributed by atoms with Crippen molar-refractivity contribution in [3.8, 4) is 0 Å². The lowest BCUT2D eigenvalue weighted by atomic mass is 10.0. The molecule has 1 unspecified atom stereocenters. The van der Waals surface area contributed by atoms with Crippen LogP contribution in [0.4, 0.5) is 0 Å². The van der Waals surface area contributed by atoms with Gasteiger partial charge in [0.05, 0.1) is 0 Å². The zero-order valence-corrected chi connectivity index (χ0v) is 13.5. The molecule has 21 heavy (non-hydrogen) atoms. The van der Waals surface area contributed by atoms with E-state index >= 15 is 0 Å². The Labute approximate surface area is 127 Å². The lowest BCUT2D eigenvalue weighted by Gasteiger charge is -2.15. The number of benzene rings is 1. The van der Waals surface area contributed by atoms with Crippen LogP contribution in [0.2, 0.25) is 0 Å². The minimum atomic E-state index is 0.0313. The van der Waals surface area contributed by atoms with Gasteiger partial charge in [-0.25, -0.2) is 0 Å². The Bertz CT molecular complexity index is 613. The monoisotopic (exact) mass is 286 g/mol. The van der Waals surface area contributed by atoms with E-state index in [2.05, 4.69) is 26.1 Å². The van der Waals surface area contributed by atoms with Crippen LogP contribution in [0.25, 0.3) is 10.9 Å². The summed E-state index contributed by atoms with van der Waals surface area (Å²) >= 11 is 0. The first-order chi connectivity index (χ1) is 9.99. The highest BCUT2D eigenvalue weighted by molar-refractivity contribution is 6.06. The summed E-state index contributed by atoms with van der Waals surface area (Å²) in [6.45, 7) is 6.56. The van der Waals surface area contributed by atoms with Crippen molar-refractivity contribution in [2.45, 2.75) is 46.1 Å². The van der Waals surface area contributed by atoms with Gasteiger partial charge in [0, 0.05) is 35.8 Å². The summed E-state index contributed by atoms with van der Waals surface area (Å²) in [5, 5.41) is 4.14. The molecule has 2 rings (SSSR count). The fraction of sp³-hybridized carbons (Fsp3) is 0.500. The summed E-state index contributed by atoms with van der Waals surface area (Å²) in [4.78, 5) is 12.5. The van der Waals surface area contributed by atoms with Crippen LogP contribution >= 0.6 is 0 Å². The zero-order valence-electron chi connectivity index (χ0n) is 13.5. The molecule has 0 radical (unpaired) electrons. The van der Waals surface area contributed by atoms with Crippen molar-refractivity contribution in [1.29, 1.82) is 0 Å². The topological polar surface area (TPSA) is 34.0 Å². The molecule has 1 aromatic carbocycles. The second-order valence-electron chi connectivity index (χ2n) is 6.36. The Kier molecular flexibility index (Phi) is 5.05. The molecule has 1 atom stereocenters. The Morgan fingerprint density at radius 1 is 1.19 bits per heavy atom. The van der Waals surface area contributed by atoms with Crippen LogP contribution < -0.4 is 5.32 Å². The molecule has 1 aromatic heterocycles. The fourth-order valence-electron chi connectivity index (χ4n) is 2.71. The average molecular weight is 286 g/mol. The van der Waals surface area contributed by atoms with Gasteiger partial charge in [0.15, 0.2) is 0 Å². The normalized spacial score (nSPS) is 12.8. The van der Waals surface area contributed by atoms with Gasteiger partial charge in [-0.3, -0.25) is 4.79 Å². The van der Waals surface area contributed by atoms with Gasteiger partial charge in [0.25, 0.3) is 5.91 Å². The molecule has 0 spiro atoms. The van der Waals surface area contributed by atoms with Crippen molar-refractivity contribution in [3.05, 3.63) is 36.0 Å². The van der Waals surface area contributed by atoms with E-state index in [-0.39, 0.29) is 11.9 Å². The lowest BCUT2D eigenvalue weighted by Crippen LogP contribution is -2.32. The van der Waals surface area contributed by atoms with Crippen LogP contribution in [-0.4, -0.2) is 16.5 Å². The van der Waals surface area contributed by atoms with E-state index in [0.717, 1.165) is 35.2 Å². The number of hydrogen-bond acceptors (Lipinski definition) is 1. The fourth-order valence-corrected chi connectivity index (χ4v) is 2.71. The van der Waals surface area contributed by atoms with Crippen LogP contribution in [-0.2, 0) is 7.05 Å². The second-order valence-corrected chi connectivity index (χ2v) is 6.36. The van der Waals surface area contributed by atoms with Crippen molar-refractivity contribution in [2.75, 3.05) is 0 Å². The highest BCUT2D eigenvalue weighted by Crippen LogP contribution is 2.19. The van der Waals surface area contributed by atoms with E-state index in [1.807, 2.05) is 42.1 Å². The molecule has 0 saturated heterocycles. The van der Waals surface area contributed by atoms with Gasteiger partial charge in [0.1, 0.15) is 0 Å². The maximum atomic E-state index is 12.5. The Morgan fingerprint density at radius 3 is 2.67 bits per heavy atom. The van der Waals surface area contributed by atoms with Crippen LogP contribution in [0.5, 0.6) is 0 Å². The van der Waals surface area contributed by atoms with E-state index in [1.54, 1.807) is 0 Å². The first kappa shape index (κ1) is 15.6. The number of aryl methyl sites for hydroxylation is 1. The molecule has 0 bridgehead atoms. The van der Waals surface area contributed by atoms with Gasteiger partial charge in [-0.1, -0.05) is 32.8 Å². The molecule has 114 valence electrons. The van der Waals surface area contributed by atoms with E-state index in [1.165, 1.54) is 6.42 Å². The highest BCUT2D eigenvalue weighted by Gasteiger charge is 2.13. The number of carbonyl (C=O) groups excluding carboxylic acids is 1. The van der Waals surface area contributed by atoms with Gasteiger partial charge in [-0.2, -0.15) is 0 Å². The number of nitrogens with zero attached hydrogens (tertiary/aromatic N) is 1. The number of hydrogen-bond donors (Lipinski definition) is 1. The molecule has 3 heteroatoms. The van der Waals surface area contributed by atoms with Crippen LogP contribution in [0.1, 0.15) is 50.4 Å². The largest absolute Gasteiger partial charge is 0.351 e. The predicted molar refractivity (Wildman–Crippen MR) is 88.5 cm³/mol. The zero-order chi connectivity index (χ0) is 15.4. The van der Waals surface area contributed by atoms with E-state index in [4.69, 9.17) is 0 Å². The first-order valence-electron chi connectivity index (χ1n) is 7.84. The van der Waals surface area contributed by atoms with E-state index in [0.29, 0.717) is 0 Å². The molecule has 3 nitrogen and oxygen atoms in total. The molecular formula is C18H26N2O. The Morgan fingerprint density at radius 2 is 1.95 bits per heavy atom. The Balaban J connectivity index is 2.02. The first-order valence-corrected chi connectivity index (χ1v) is 7.84. The number of nitrogens with one attached hydrogen (secondary N) is 1. The van der Waals surface area contributed by atoms with Gasteiger partial charge in [-0.15, -0.1) is 0 Å². The molecule has 0 aliphatic heterocycles. The number of amides is 1. The number of fused-ring (bicyclic) bond motifs is 1. The third-order valence-corrected chi connectivity index (χ3v) is 3.97. The van der Waals surface area contributed by atoms with Crippen LogP contribution in [0.3, 0.4) is 0 Å². The Hall–Kier alpha value is -1.77. The van der Waals surface area contributed by atoms with Gasteiger partial charge in [-0.05, 0) is 37.5 Å². The van der Waals surface area contributed by atoms with Crippen molar-refractivity contribution < 1.29 is 4.79 Å².